The summed E-state index contributed by atoms with van der Waals surface area (Å²) in [7, 11) is 0. The van der Waals surface area contributed by atoms with E-state index in [9.17, 15) is 20.2 Å². The van der Waals surface area contributed by atoms with Crippen molar-refractivity contribution in [2.45, 2.75) is 19.5 Å². The van der Waals surface area contributed by atoms with E-state index in [2.05, 4.69) is 0 Å². The van der Waals surface area contributed by atoms with Gasteiger partial charge in [-0.3, -0.25) is 20.2 Å². The normalized spacial score (nSPS) is 12.1. The molecule has 2 aromatic rings. The summed E-state index contributed by atoms with van der Waals surface area (Å²) in [5.41, 5.74) is 6.49. The highest BCUT2D eigenvalue weighted by Crippen LogP contribution is 2.26. The number of rotatable bonds is 5. The molecule has 0 saturated carbocycles. The molecule has 0 aliphatic heterocycles. The molecule has 2 rings (SSSR count). The van der Waals surface area contributed by atoms with Crippen LogP contribution in [-0.2, 0) is 6.54 Å². The molecule has 1 unspecified atom stereocenters. The Balaban J connectivity index is 2.42. The molecule has 2 N–H and O–H groups in total. The van der Waals surface area contributed by atoms with Gasteiger partial charge in [-0.1, -0.05) is 0 Å². The van der Waals surface area contributed by atoms with Crippen molar-refractivity contribution in [2.24, 2.45) is 5.73 Å². The molecule has 0 saturated heterocycles. The third kappa shape index (κ3) is 3.06. The van der Waals surface area contributed by atoms with Gasteiger partial charge in [0, 0.05) is 29.6 Å². The second kappa shape index (κ2) is 5.71. The van der Waals surface area contributed by atoms with Crippen LogP contribution >= 0.6 is 0 Å². The number of nitrogens with zero attached hydrogens (tertiary/aromatic N) is 3. The molecule has 0 bridgehead atoms. The number of benzene rings is 1. The summed E-state index contributed by atoms with van der Waals surface area (Å²) in [4.78, 5) is 20.5. The van der Waals surface area contributed by atoms with Crippen LogP contribution in [0.1, 0.15) is 24.2 Å². The van der Waals surface area contributed by atoms with Crippen LogP contribution in [0.5, 0.6) is 0 Å². The van der Waals surface area contributed by atoms with Gasteiger partial charge >= 0.3 is 0 Å². The second-order valence-electron chi connectivity index (χ2n) is 4.68. The molecule has 1 atom stereocenters. The molecule has 0 fully saturated rings. The molecular formula is C13H14N4O4. The summed E-state index contributed by atoms with van der Waals surface area (Å²) in [5.74, 6) is 0. The number of nitrogens with two attached hydrogens (primary N) is 1. The molecule has 1 aromatic heterocycles. The van der Waals surface area contributed by atoms with Crippen molar-refractivity contribution < 1.29 is 9.85 Å². The highest BCUT2D eigenvalue weighted by atomic mass is 16.6. The first-order valence-corrected chi connectivity index (χ1v) is 6.22. The third-order valence-electron chi connectivity index (χ3n) is 3.15. The van der Waals surface area contributed by atoms with Gasteiger partial charge in [0.05, 0.1) is 22.5 Å². The molecule has 0 spiro atoms. The fraction of sp³-hybridized carbons (Fsp3) is 0.231. The minimum absolute atomic E-state index is 0.211. The molecule has 1 aromatic carbocycles. The van der Waals surface area contributed by atoms with E-state index in [-0.39, 0.29) is 24.0 Å². The Morgan fingerprint density at radius 2 is 1.95 bits per heavy atom. The van der Waals surface area contributed by atoms with Gasteiger partial charge in [0.25, 0.3) is 11.4 Å². The van der Waals surface area contributed by atoms with Crippen LogP contribution in [0.15, 0.2) is 36.5 Å². The Labute approximate surface area is 120 Å². The number of hydrogen-bond donors (Lipinski definition) is 1. The molecular weight excluding hydrogens is 276 g/mol. The van der Waals surface area contributed by atoms with E-state index in [1.165, 1.54) is 12.1 Å². The SMILES string of the molecule is CC(N)c1cccn1Cc1ccc([N+](=O)[O-])cc1[N+](=O)[O-]. The zero-order chi connectivity index (χ0) is 15.6. The van der Waals surface area contributed by atoms with E-state index in [1.807, 2.05) is 13.0 Å². The average Bonchev–Trinajstić information content (AvgIpc) is 2.87. The van der Waals surface area contributed by atoms with E-state index >= 15 is 0 Å². The number of nitro benzene ring substituents is 2. The lowest BCUT2D eigenvalue weighted by atomic mass is 10.1. The maximum atomic E-state index is 11.1. The van der Waals surface area contributed by atoms with Gasteiger partial charge in [0.15, 0.2) is 0 Å². The summed E-state index contributed by atoms with van der Waals surface area (Å²) in [6, 6.07) is 7.07. The van der Waals surface area contributed by atoms with Crippen molar-refractivity contribution >= 4 is 11.4 Å². The Bertz CT molecular complexity index is 693. The lowest BCUT2D eigenvalue weighted by Gasteiger charge is -2.12. The lowest BCUT2D eigenvalue weighted by molar-refractivity contribution is -0.394. The van der Waals surface area contributed by atoms with Crippen molar-refractivity contribution in [3.63, 3.8) is 0 Å². The summed E-state index contributed by atoms with van der Waals surface area (Å²) in [6.45, 7) is 2.05. The quantitative estimate of drug-likeness (QED) is 0.670. The Morgan fingerprint density at radius 3 is 2.52 bits per heavy atom. The van der Waals surface area contributed by atoms with Gasteiger partial charge in [-0.2, -0.15) is 0 Å². The lowest BCUT2D eigenvalue weighted by Crippen LogP contribution is -2.13. The van der Waals surface area contributed by atoms with E-state index in [1.54, 1.807) is 16.8 Å². The Morgan fingerprint density at radius 1 is 1.24 bits per heavy atom. The van der Waals surface area contributed by atoms with Crippen LogP contribution < -0.4 is 5.73 Å². The van der Waals surface area contributed by atoms with Crippen LogP contribution in [-0.4, -0.2) is 14.4 Å². The van der Waals surface area contributed by atoms with Gasteiger partial charge in [-0.15, -0.1) is 0 Å². The molecule has 0 aliphatic rings. The summed E-state index contributed by atoms with van der Waals surface area (Å²) >= 11 is 0. The summed E-state index contributed by atoms with van der Waals surface area (Å²) in [6.07, 6.45) is 1.77. The van der Waals surface area contributed by atoms with E-state index in [0.29, 0.717) is 5.56 Å². The van der Waals surface area contributed by atoms with Gasteiger partial charge in [0.2, 0.25) is 0 Å². The van der Waals surface area contributed by atoms with Crippen molar-refractivity contribution in [2.75, 3.05) is 0 Å². The summed E-state index contributed by atoms with van der Waals surface area (Å²) < 4.78 is 1.79. The smallest absolute Gasteiger partial charge is 0.281 e. The first kappa shape index (κ1) is 14.7. The molecule has 0 radical (unpaired) electrons. The van der Waals surface area contributed by atoms with Crippen LogP contribution in [0.3, 0.4) is 0 Å². The van der Waals surface area contributed by atoms with Crippen LogP contribution in [0.25, 0.3) is 0 Å². The zero-order valence-electron chi connectivity index (χ0n) is 11.3. The van der Waals surface area contributed by atoms with Crippen molar-refractivity contribution in [1.29, 1.82) is 0 Å². The molecule has 8 nitrogen and oxygen atoms in total. The minimum Gasteiger partial charge on any atom is -0.345 e. The number of hydrogen-bond acceptors (Lipinski definition) is 5. The average molecular weight is 290 g/mol. The second-order valence-corrected chi connectivity index (χ2v) is 4.68. The van der Waals surface area contributed by atoms with Gasteiger partial charge in [-0.25, -0.2) is 0 Å². The molecule has 0 amide bonds. The zero-order valence-corrected chi connectivity index (χ0v) is 11.3. The molecule has 8 heteroatoms. The molecule has 21 heavy (non-hydrogen) atoms. The fourth-order valence-corrected chi connectivity index (χ4v) is 2.14. The van der Waals surface area contributed by atoms with E-state index < -0.39 is 9.85 Å². The number of aromatic nitrogens is 1. The summed E-state index contributed by atoms with van der Waals surface area (Å²) in [5, 5.41) is 21.8. The predicted octanol–water partition coefficient (Wildman–Crippen LogP) is 2.37. The van der Waals surface area contributed by atoms with Gasteiger partial charge < -0.3 is 10.3 Å². The largest absolute Gasteiger partial charge is 0.345 e. The van der Waals surface area contributed by atoms with E-state index in [0.717, 1.165) is 11.8 Å². The number of nitro groups is 2. The van der Waals surface area contributed by atoms with Crippen molar-refractivity contribution in [1.82, 2.24) is 4.57 Å². The van der Waals surface area contributed by atoms with E-state index in [4.69, 9.17) is 5.73 Å². The first-order chi connectivity index (χ1) is 9.90. The highest BCUT2D eigenvalue weighted by molar-refractivity contribution is 5.49. The fourth-order valence-electron chi connectivity index (χ4n) is 2.14. The van der Waals surface area contributed by atoms with Crippen molar-refractivity contribution in [3.8, 4) is 0 Å². The Hall–Kier alpha value is -2.74. The van der Waals surface area contributed by atoms with Crippen LogP contribution in [0.2, 0.25) is 0 Å². The third-order valence-corrected chi connectivity index (χ3v) is 3.15. The van der Waals surface area contributed by atoms with Gasteiger partial charge in [-0.05, 0) is 25.1 Å². The van der Waals surface area contributed by atoms with Crippen molar-refractivity contribution in [3.05, 3.63) is 68.0 Å². The predicted molar refractivity (Wildman–Crippen MR) is 75.9 cm³/mol. The van der Waals surface area contributed by atoms with Crippen LogP contribution in [0, 0.1) is 20.2 Å². The highest BCUT2D eigenvalue weighted by Gasteiger charge is 2.20. The molecule has 110 valence electrons. The number of non-ortho nitro benzene ring substituents is 1. The topological polar surface area (TPSA) is 117 Å². The maximum absolute atomic E-state index is 11.1. The molecule has 1 heterocycles. The standard InChI is InChI=1S/C13H14N4O4/c1-9(14)12-3-2-6-15(12)8-10-4-5-11(16(18)19)7-13(10)17(20)21/h2-7,9H,8,14H2,1H3. The van der Waals surface area contributed by atoms with Gasteiger partial charge in [0.1, 0.15) is 0 Å². The monoisotopic (exact) mass is 290 g/mol. The first-order valence-electron chi connectivity index (χ1n) is 6.22. The minimum atomic E-state index is -0.653. The maximum Gasteiger partial charge on any atom is 0.281 e. The Kier molecular flexibility index (Phi) is 3.99. The molecule has 0 aliphatic carbocycles. The van der Waals surface area contributed by atoms with Crippen LogP contribution in [0.4, 0.5) is 11.4 Å².